The van der Waals surface area contributed by atoms with E-state index in [1.54, 1.807) is 0 Å². The summed E-state index contributed by atoms with van der Waals surface area (Å²) in [5, 5.41) is 2.09. The summed E-state index contributed by atoms with van der Waals surface area (Å²) in [7, 11) is 0. The molecule has 0 fully saturated rings. The Morgan fingerprint density at radius 2 is 1.93 bits per heavy atom. The lowest BCUT2D eigenvalue weighted by Gasteiger charge is -2.07. The molecule has 0 aromatic rings. The van der Waals surface area contributed by atoms with Crippen LogP contribution in [0.25, 0.3) is 0 Å². The molecule has 0 rings (SSSR count). The molecule has 7 heteroatoms. The standard InChI is InChI=1S/C7H10F3NO3/c1-5(12)2-11-6(13)3-14-4-7(8,9)10/h2-4H2,1H3,(H,11,13). The normalized spacial score (nSPS) is 11.1. The Labute approximate surface area is 78.4 Å². The number of amides is 1. The van der Waals surface area contributed by atoms with Crippen molar-refractivity contribution >= 4 is 11.7 Å². The predicted octanol–water partition coefficient (Wildman–Crippen LogP) is 0.271. The fraction of sp³-hybridized carbons (Fsp3) is 0.714. The molecule has 0 aliphatic carbocycles. The van der Waals surface area contributed by atoms with E-state index in [-0.39, 0.29) is 12.3 Å². The van der Waals surface area contributed by atoms with Crippen LogP contribution < -0.4 is 5.32 Å². The molecule has 0 spiro atoms. The molecular weight excluding hydrogens is 203 g/mol. The Morgan fingerprint density at radius 3 is 2.36 bits per heavy atom. The number of carbonyl (C=O) groups is 2. The average molecular weight is 213 g/mol. The van der Waals surface area contributed by atoms with Gasteiger partial charge in [-0.25, -0.2) is 0 Å². The Hall–Kier alpha value is -1.11. The smallest absolute Gasteiger partial charge is 0.362 e. The van der Waals surface area contributed by atoms with Crippen molar-refractivity contribution in [2.45, 2.75) is 13.1 Å². The Bertz CT molecular complexity index is 215. The molecule has 82 valence electrons. The monoisotopic (exact) mass is 213 g/mol. The Morgan fingerprint density at radius 1 is 1.36 bits per heavy atom. The number of alkyl halides is 3. The lowest BCUT2D eigenvalue weighted by molar-refractivity contribution is -0.175. The van der Waals surface area contributed by atoms with Crippen LogP contribution in [0.2, 0.25) is 0 Å². The van der Waals surface area contributed by atoms with Crippen LogP contribution in [0.3, 0.4) is 0 Å². The zero-order valence-electron chi connectivity index (χ0n) is 7.48. The predicted molar refractivity (Wildman–Crippen MR) is 40.6 cm³/mol. The molecule has 4 nitrogen and oxygen atoms in total. The molecule has 1 amide bonds. The van der Waals surface area contributed by atoms with Crippen LogP contribution in [-0.4, -0.2) is 37.6 Å². The van der Waals surface area contributed by atoms with Crippen molar-refractivity contribution < 1.29 is 27.5 Å². The third kappa shape index (κ3) is 8.98. The Balaban J connectivity index is 3.50. The van der Waals surface area contributed by atoms with Gasteiger partial charge in [-0.3, -0.25) is 9.59 Å². The molecule has 0 aliphatic rings. The summed E-state index contributed by atoms with van der Waals surface area (Å²) in [4.78, 5) is 21.0. The number of hydrogen-bond donors (Lipinski definition) is 1. The van der Waals surface area contributed by atoms with E-state index in [0.717, 1.165) is 0 Å². The summed E-state index contributed by atoms with van der Waals surface area (Å²) in [6.45, 7) is -1.13. The number of ether oxygens (including phenoxy) is 1. The van der Waals surface area contributed by atoms with Gasteiger partial charge in [0.25, 0.3) is 0 Å². The third-order valence-electron chi connectivity index (χ3n) is 1.03. The van der Waals surface area contributed by atoms with E-state index in [1.807, 2.05) is 0 Å². The fourth-order valence-electron chi connectivity index (χ4n) is 0.534. The van der Waals surface area contributed by atoms with Gasteiger partial charge in [-0.1, -0.05) is 0 Å². The lowest BCUT2D eigenvalue weighted by Crippen LogP contribution is -2.32. The van der Waals surface area contributed by atoms with Crippen LogP contribution in [-0.2, 0) is 14.3 Å². The molecule has 0 aromatic carbocycles. The average Bonchev–Trinajstić information content (AvgIpc) is 1.98. The van der Waals surface area contributed by atoms with Crippen molar-refractivity contribution in [1.82, 2.24) is 5.32 Å². The molecular formula is C7H10F3NO3. The van der Waals surface area contributed by atoms with Crippen molar-refractivity contribution in [2.75, 3.05) is 19.8 Å². The van der Waals surface area contributed by atoms with E-state index < -0.39 is 25.3 Å². The summed E-state index contributed by atoms with van der Waals surface area (Å²) >= 11 is 0. The van der Waals surface area contributed by atoms with E-state index in [2.05, 4.69) is 10.1 Å². The molecule has 0 bridgehead atoms. The van der Waals surface area contributed by atoms with Crippen LogP contribution in [0.15, 0.2) is 0 Å². The van der Waals surface area contributed by atoms with Crippen molar-refractivity contribution in [3.8, 4) is 0 Å². The van der Waals surface area contributed by atoms with Gasteiger partial charge in [0.05, 0.1) is 6.54 Å². The summed E-state index contributed by atoms with van der Waals surface area (Å²) in [5.41, 5.74) is 0. The first-order chi connectivity index (χ1) is 6.31. The van der Waals surface area contributed by atoms with Crippen LogP contribution in [0, 0.1) is 0 Å². The van der Waals surface area contributed by atoms with Gasteiger partial charge in [0, 0.05) is 0 Å². The van der Waals surface area contributed by atoms with E-state index in [0.29, 0.717) is 0 Å². The van der Waals surface area contributed by atoms with Gasteiger partial charge in [-0.05, 0) is 6.92 Å². The minimum absolute atomic E-state index is 0.200. The molecule has 1 N–H and O–H groups in total. The second kappa shape index (κ2) is 5.58. The van der Waals surface area contributed by atoms with Gasteiger partial charge in [-0.2, -0.15) is 13.2 Å². The first-order valence-corrected chi connectivity index (χ1v) is 3.72. The minimum atomic E-state index is -4.44. The number of rotatable bonds is 5. The molecule has 0 aliphatic heterocycles. The van der Waals surface area contributed by atoms with Crippen molar-refractivity contribution in [3.63, 3.8) is 0 Å². The van der Waals surface area contributed by atoms with E-state index >= 15 is 0 Å². The van der Waals surface area contributed by atoms with Crippen molar-refractivity contribution in [1.29, 1.82) is 0 Å². The summed E-state index contributed by atoms with van der Waals surface area (Å²) < 4.78 is 38.6. The fourth-order valence-corrected chi connectivity index (χ4v) is 0.534. The molecule has 0 saturated heterocycles. The van der Waals surface area contributed by atoms with E-state index in [4.69, 9.17) is 0 Å². The molecule has 0 atom stereocenters. The van der Waals surface area contributed by atoms with Gasteiger partial charge < -0.3 is 10.1 Å². The van der Waals surface area contributed by atoms with Gasteiger partial charge in [0.15, 0.2) is 0 Å². The molecule has 0 unspecified atom stereocenters. The van der Waals surface area contributed by atoms with Gasteiger partial charge >= 0.3 is 6.18 Å². The number of hydrogen-bond acceptors (Lipinski definition) is 3. The number of nitrogens with one attached hydrogen (secondary N) is 1. The topological polar surface area (TPSA) is 55.4 Å². The van der Waals surface area contributed by atoms with Crippen molar-refractivity contribution in [2.24, 2.45) is 0 Å². The lowest BCUT2D eigenvalue weighted by atomic mass is 10.4. The second-order valence-electron chi connectivity index (χ2n) is 2.59. The van der Waals surface area contributed by atoms with E-state index in [9.17, 15) is 22.8 Å². The van der Waals surface area contributed by atoms with Gasteiger partial charge in [0.1, 0.15) is 19.0 Å². The van der Waals surface area contributed by atoms with Gasteiger partial charge in [-0.15, -0.1) is 0 Å². The maximum atomic E-state index is 11.5. The number of ketones is 1. The highest BCUT2D eigenvalue weighted by Gasteiger charge is 2.27. The zero-order valence-corrected chi connectivity index (χ0v) is 7.48. The quantitative estimate of drug-likeness (QED) is 0.713. The number of Topliss-reactive ketones (excluding diaryl/α,β-unsaturated/α-hetero) is 1. The maximum absolute atomic E-state index is 11.5. The second-order valence-corrected chi connectivity index (χ2v) is 2.59. The summed E-state index contributed by atoms with van der Waals surface area (Å²) in [6.07, 6.45) is -4.44. The minimum Gasteiger partial charge on any atom is -0.362 e. The highest BCUT2D eigenvalue weighted by atomic mass is 19.4. The van der Waals surface area contributed by atoms with Crippen LogP contribution in [0.1, 0.15) is 6.92 Å². The number of carbonyl (C=O) groups excluding carboxylic acids is 2. The highest BCUT2D eigenvalue weighted by Crippen LogP contribution is 2.13. The molecule has 0 radical (unpaired) electrons. The molecule has 0 aromatic heterocycles. The molecule has 14 heavy (non-hydrogen) atoms. The summed E-state index contributed by atoms with van der Waals surface area (Å²) in [6, 6.07) is 0. The van der Waals surface area contributed by atoms with E-state index in [1.165, 1.54) is 6.92 Å². The number of halogens is 3. The maximum Gasteiger partial charge on any atom is 0.411 e. The SMILES string of the molecule is CC(=O)CNC(=O)COCC(F)(F)F. The van der Waals surface area contributed by atoms with Crippen LogP contribution in [0.5, 0.6) is 0 Å². The van der Waals surface area contributed by atoms with Gasteiger partial charge in [0.2, 0.25) is 5.91 Å². The molecule has 0 heterocycles. The van der Waals surface area contributed by atoms with Crippen LogP contribution in [0.4, 0.5) is 13.2 Å². The molecule has 0 saturated carbocycles. The van der Waals surface area contributed by atoms with Crippen molar-refractivity contribution in [3.05, 3.63) is 0 Å². The first kappa shape index (κ1) is 12.9. The first-order valence-electron chi connectivity index (χ1n) is 3.72. The summed E-state index contributed by atoms with van der Waals surface area (Å²) in [5.74, 6) is -1.03. The third-order valence-corrected chi connectivity index (χ3v) is 1.03. The largest absolute Gasteiger partial charge is 0.411 e. The Kier molecular flexibility index (Phi) is 5.14. The zero-order chi connectivity index (χ0) is 11.2. The van der Waals surface area contributed by atoms with Crippen LogP contribution >= 0.6 is 0 Å². The highest BCUT2D eigenvalue weighted by molar-refractivity contribution is 5.84.